The molecule has 0 spiro atoms. The minimum Gasteiger partial charge on any atom is -0.324 e. The summed E-state index contributed by atoms with van der Waals surface area (Å²) in [5.74, 6) is 0. The Hall–Kier alpha value is -1.51. The minimum atomic E-state index is 0.204. The molecule has 0 N–H and O–H groups in total. The number of nitrogens with zero attached hydrogens (tertiary/aromatic N) is 2. The van der Waals surface area contributed by atoms with Crippen molar-refractivity contribution in [1.82, 2.24) is 4.90 Å². The zero-order valence-electron chi connectivity index (χ0n) is 14.4. The largest absolute Gasteiger partial charge is 0.324 e. The number of amides is 2. The van der Waals surface area contributed by atoms with Crippen LogP contribution in [0.3, 0.4) is 0 Å². The molecule has 2 fully saturated rings. The number of urea groups is 1. The summed E-state index contributed by atoms with van der Waals surface area (Å²) in [6.45, 7) is 0. The van der Waals surface area contributed by atoms with Crippen molar-refractivity contribution in [3.8, 4) is 0 Å². The monoisotopic (exact) mass is 314 g/mol. The molecule has 0 heterocycles. The fourth-order valence-electron chi connectivity index (χ4n) is 4.20. The van der Waals surface area contributed by atoms with Crippen LogP contribution in [0.5, 0.6) is 0 Å². The second-order valence-electron chi connectivity index (χ2n) is 7.18. The quantitative estimate of drug-likeness (QED) is 0.751. The molecule has 0 unspecified atom stereocenters. The standard InChI is InChI=1S/C20H30N2O/c1-21(17-11-5-2-6-12-17)20(23)22(18-13-7-3-8-14-18)19-15-9-4-10-16-19/h3,7-8,13-14,17,19H,2,4-6,9-12,15-16H2,1H3. The summed E-state index contributed by atoms with van der Waals surface area (Å²) in [7, 11) is 2.01. The van der Waals surface area contributed by atoms with Gasteiger partial charge in [0.1, 0.15) is 0 Å². The highest BCUT2D eigenvalue weighted by Crippen LogP contribution is 2.30. The van der Waals surface area contributed by atoms with Gasteiger partial charge in [0.2, 0.25) is 0 Å². The molecule has 126 valence electrons. The Morgan fingerprint density at radius 1 is 0.826 bits per heavy atom. The zero-order chi connectivity index (χ0) is 16.1. The van der Waals surface area contributed by atoms with Gasteiger partial charge in [-0.1, -0.05) is 56.7 Å². The molecule has 2 amide bonds. The van der Waals surface area contributed by atoms with Crippen LogP contribution in [-0.2, 0) is 0 Å². The predicted molar refractivity (Wildman–Crippen MR) is 95.8 cm³/mol. The summed E-state index contributed by atoms with van der Waals surface area (Å²) in [4.78, 5) is 17.4. The molecule has 0 radical (unpaired) electrons. The molecule has 0 aliphatic heterocycles. The highest BCUT2D eigenvalue weighted by atomic mass is 16.2. The van der Waals surface area contributed by atoms with Gasteiger partial charge in [-0.3, -0.25) is 4.90 Å². The molecule has 2 aliphatic rings. The van der Waals surface area contributed by atoms with E-state index in [2.05, 4.69) is 17.0 Å². The van der Waals surface area contributed by atoms with E-state index in [0.717, 1.165) is 31.4 Å². The third-order valence-electron chi connectivity index (χ3n) is 5.60. The van der Waals surface area contributed by atoms with Crippen LogP contribution in [0.4, 0.5) is 10.5 Å². The average Bonchev–Trinajstić information content (AvgIpc) is 2.64. The summed E-state index contributed by atoms with van der Waals surface area (Å²) >= 11 is 0. The van der Waals surface area contributed by atoms with Crippen LogP contribution in [0.1, 0.15) is 64.2 Å². The average molecular weight is 314 g/mol. The Bertz CT molecular complexity index is 490. The molecule has 2 saturated carbocycles. The van der Waals surface area contributed by atoms with Gasteiger partial charge in [0.25, 0.3) is 0 Å². The van der Waals surface area contributed by atoms with Crippen molar-refractivity contribution in [1.29, 1.82) is 0 Å². The van der Waals surface area contributed by atoms with E-state index in [1.165, 1.54) is 38.5 Å². The highest BCUT2D eigenvalue weighted by molar-refractivity contribution is 5.92. The molecule has 0 saturated heterocycles. The molecule has 0 bridgehead atoms. The van der Waals surface area contributed by atoms with E-state index in [0.29, 0.717) is 12.1 Å². The smallest absolute Gasteiger partial charge is 0.324 e. The van der Waals surface area contributed by atoms with Crippen molar-refractivity contribution >= 4 is 11.7 Å². The first-order chi connectivity index (χ1) is 11.3. The van der Waals surface area contributed by atoms with E-state index in [1.807, 2.05) is 30.1 Å². The van der Waals surface area contributed by atoms with Crippen molar-refractivity contribution < 1.29 is 4.79 Å². The van der Waals surface area contributed by atoms with Crippen LogP contribution < -0.4 is 4.90 Å². The van der Waals surface area contributed by atoms with Crippen molar-refractivity contribution in [3.05, 3.63) is 30.3 Å². The first kappa shape index (κ1) is 16.4. The number of benzene rings is 1. The normalized spacial score (nSPS) is 20.2. The van der Waals surface area contributed by atoms with Crippen LogP contribution in [-0.4, -0.2) is 30.1 Å². The minimum absolute atomic E-state index is 0.204. The zero-order valence-corrected chi connectivity index (χ0v) is 14.4. The molecule has 3 rings (SSSR count). The molecule has 1 aromatic rings. The summed E-state index contributed by atoms with van der Waals surface area (Å²) in [5, 5.41) is 0. The van der Waals surface area contributed by atoms with Gasteiger partial charge < -0.3 is 4.90 Å². The van der Waals surface area contributed by atoms with E-state index < -0.39 is 0 Å². The van der Waals surface area contributed by atoms with E-state index in [-0.39, 0.29) is 6.03 Å². The Labute approximate surface area is 140 Å². The number of rotatable bonds is 3. The first-order valence-corrected chi connectivity index (χ1v) is 9.38. The van der Waals surface area contributed by atoms with Gasteiger partial charge in [0.15, 0.2) is 0 Å². The Kier molecular flexibility index (Phi) is 5.58. The van der Waals surface area contributed by atoms with Gasteiger partial charge in [-0.2, -0.15) is 0 Å². The lowest BCUT2D eigenvalue weighted by molar-refractivity contribution is 0.175. The van der Waals surface area contributed by atoms with Gasteiger partial charge in [-0.25, -0.2) is 4.79 Å². The van der Waals surface area contributed by atoms with Crippen molar-refractivity contribution in [2.75, 3.05) is 11.9 Å². The number of carbonyl (C=O) groups excluding carboxylic acids is 1. The van der Waals surface area contributed by atoms with Crippen LogP contribution in [0.25, 0.3) is 0 Å². The Balaban J connectivity index is 1.80. The SMILES string of the molecule is CN(C(=O)N(c1ccccc1)C1CCCCC1)C1CCCCC1. The maximum atomic E-state index is 13.3. The first-order valence-electron chi connectivity index (χ1n) is 9.38. The van der Waals surface area contributed by atoms with E-state index in [1.54, 1.807) is 0 Å². The van der Waals surface area contributed by atoms with Crippen LogP contribution in [0.15, 0.2) is 30.3 Å². The molecule has 0 atom stereocenters. The van der Waals surface area contributed by atoms with Gasteiger partial charge >= 0.3 is 6.03 Å². The number of para-hydroxylation sites is 1. The van der Waals surface area contributed by atoms with Crippen molar-refractivity contribution in [2.24, 2.45) is 0 Å². The summed E-state index contributed by atoms with van der Waals surface area (Å²) in [6.07, 6.45) is 12.2. The number of carbonyl (C=O) groups is 1. The Morgan fingerprint density at radius 2 is 1.35 bits per heavy atom. The summed E-state index contributed by atoms with van der Waals surface area (Å²) < 4.78 is 0. The molecular weight excluding hydrogens is 284 g/mol. The molecule has 0 aromatic heterocycles. The molecule has 3 heteroatoms. The number of hydrogen-bond acceptors (Lipinski definition) is 1. The maximum absolute atomic E-state index is 13.3. The van der Waals surface area contributed by atoms with Crippen LogP contribution in [0, 0.1) is 0 Å². The van der Waals surface area contributed by atoms with Gasteiger partial charge in [-0.15, -0.1) is 0 Å². The maximum Gasteiger partial charge on any atom is 0.324 e. The fourth-order valence-corrected chi connectivity index (χ4v) is 4.20. The number of hydrogen-bond donors (Lipinski definition) is 0. The van der Waals surface area contributed by atoms with E-state index in [4.69, 9.17) is 0 Å². The molecular formula is C20H30N2O. The molecule has 23 heavy (non-hydrogen) atoms. The van der Waals surface area contributed by atoms with Gasteiger partial charge in [0, 0.05) is 24.8 Å². The third kappa shape index (κ3) is 3.88. The third-order valence-corrected chi connectivity index (χ3v) is 5.60. The lowest BCUT2D eigenvalue weighted by atomic mass is 9.93. The highest BCUT2D eigenvalue weighted by Gasteiger charge is 2.31. The van der Waals surface area contributed by atoms with Crippen LogP contribution >= 0.6 is 0 Å². The number of anilines is 1. The van der Waals surface area contributed by atoms with E-state index >= 15 is 0 Å². The predicted octanol–water partition coefficient (Wildman–Crippen LogP) is 5.21. The second-order valence-corrected chi connectivity index (χ2v) is 7.18. The van der Waals surface area contributed by atoms with Crippen LogP contribution in [0.2, 0.25) is 0 Å². The molecule has 3 nitrogen and oxygen atoms in total. The lowest BCUT2D eigenvalue weighted by Gasteiger charge is -2.40. The van der Waals surface area contributed by atoms with Gasteiger partial charge in [-0.05, 0) is 37.8 Å². The van der Waals surface area contributed by atoms with E-state index in [9.17, 15) is 4.79 Å². The molecule has 1 aromatic carbocycles. The van der Waals surface area contributed by atoms with Crippen molar-refractivity contribution in [3.63, 3.8) is 0 Å². The topological polar surface area (TPSA) is 23.6 Å². The fraction of sp³-hybridized carbons (Fsp3) is 0.650. The van der Waals surface area contributed by atoms with Crippen molar-refractivity contribution in [2.45, 2.75) is 76.3 Å². The lowest BCUT2D eigenvalue weighted by Crippen LogP contribution is -2.51. The second kappa shape index (κ2) is 7.85. The summed E-state index contributed by atoms with van der Waals surface area (Å²) in [6, 6.07) is 11.3. The Morgan fingerprint density at radius 3 is 1.91 bits per heavy atom. The summed E-state index contributed by atoms with van der Waals surface area (Å²) in [5.41, 5.74) is 1.06. The van der Waals surface area contributed by atoms with Gasteiger partial charge in [0.05, 0.1) is 0 Å². The molecule has 2 aliphatic carbocycles.